The van der Waals surface area contributed by atoms with E-state index in [1.807, 2.05) is 12.1 Å². The molecular formula is C15H22FN3. The van der Waals surface area contributed by atoms with E-state index in [1.54, 1.807) is 12.1 Å². The largest absolute Gasteiger partial charge is 0.368 e. The van der Waals surface area contributed by atoms with Crippen molar-refractivity contribution in [1.82, 2.24) is 4.90 Å². The molecule has 2 saturated heterocycles. The van der Waals surface area contributed by atoms with E-state index in [9.17, 15) is 4.39 Å². The molecule has 0 aromatic heterocycles. The lowest BCUT2D eigenvalue weighted by molar-refractivity contribution is 0.251. The maximum absolute atomic E-state index is 13.8. The molecule has 2 aliphatic rings. The Hall–Kier alpha value is -1.13. The maximum atomic E-state index is 13.8. The summed E-state index contributed by atoms with van der Waals surface area (Å²) >= 11 is 0. The van der Waals surface area contributed by atoms with Crippen LogP contribution in [0.4, 0.5) is 10.1 Å². The van der Waals surface area contributed by atoms with Gasteiger partial charge in [-0.2, -0.15) is 0 Å². The van der Waals surface area contributed by atoms with Crippen molar-refractivity contribution in [3.8, 4) is 0 Å². The van der Waals surface area contributed by atoms with E-state index in [1.165, 1.54) is 6.42 Å². The summed E-state index contributed by atoms with van der Waals surface area (Å²) in [7, 11) is 0. The lowest BCUT2D eigenvalue weighted by Crippen LogP contribution is -2.36. The van der Waals surface area contributed by atoms with Crippen LogP contribution in [0.5, 0.6) is 0 Å². The number of para-hydroxylation sites is 1. The summed E-state index contributed by atoms with van der Waals surface area (Å²) < 4.78 is 13.8. The Morgan fingerprint density at radius 1 is 1.16 bits per heavy atom. The minimum absolute atomic E-state index is 0.107. The van der Waals surface area contributed by atoms with E-state index in [0.29, 0.717) is 12.0 Å². The number of anilines is 1. The fourth-order valence-electron chi connectivity index (χ4n) is 3.35. The number of benzene rings is 1. The normalized spacial score (nSPS) is 28.2. The fourth-order valence-corrected chi connectivity index (χ4v) is 3.35. The quantitative estimate of drug-likeness (QED) is 0.900. The highest BCUT2D eigenvalue weighted by molar-refractivity contribution is 5.48. The fraction of sp³-hybridized carbons (Fsp3) is 0.600. The summed E-state index contributed by atoms with van der Waals surface area (Å²) in [6, 6.07) is 7.65. The molecule has 0 bridgehead atoms. The van der Waals surface area contributed by atoms with E-state index in [2.05, 4.69) is 9.80 Å². The van der Waals surface area contributed by atoms with E-state index >= 15 is 0 Å². The van der Waals surface area contributed by atoms with Gasteiger partial charge in [0.25, 0.3) is 0 Å². The molecule has 4 heteroatoms. The number of hydrogen-bond acceptors (Lipinski definition) is 3. The third-order valence-corrected chi connectivity index (χ3v) is 4.52. The van der Waals surface area contributed by atoms with E-state index in [0.717, 1.165) is 44.8 Å². The minimum Gasteiger partial charge on any atom is -0.368 e. The number of rotatable bonds is 3. The first-order valence-electron chi connectivity index (χ1n) is 7.21. The molecule has 2 aliphatic heterocycles. The first kappa shape index (κ1) is 12.9. The number of nitrogens with two attached hydrogens (primary N) is 1. The molecule has 1 aromatic rings. The van der Waals surface area contributed by atoms with Crippen molar-refractivity contribution in [1.29, 1.82) is 0 Å². The van der Waals surface area contributed by atoms with Crippen LogP contribution in [0.2, 0.25) is 0 Å². The van der Waals surface area contributed by atoms with E-state index in [-0.39, 0.29) is 5.82 Å². The molecule has 2 atom stereocenters. The smallest absolute Gasteiger partial charge is 0.146 e. The summed E-state index contributed by atoms with van der Waals surface area (Å²) in [5, 5.41) is 0. The molecule has 1 aromatic carbocycles. The van der Waals surface area contributed by atoms with E-state index in [4.69, 9.17) is 5.73 Å². The molecule has 19 heavy (non-hydrogen) atoms. The van der Waals surface area contributed by atoms with Gasteiger partial charge in [0.05, 0.1) is 5.69 Å². The monoisotopic (exact) mass is 263 g/mol. The number of likely N-dealkylation sites (tertiary alicyclic amines) is 1. The van der Waals surface area contributed by atoms with Crippen molar-refractivity contribution in [2.45, 2.75) is 18.9 Å². The molecule has 0 spiro atoms. The van der Waals surface area contributed by atoms with Gasteiger partial charge in [-0.3, -0.25) is 4.90 Å². The van der Waals surface area contributed by atoms with Crippen molar-refractivity contribution in [3.63, 3.8) is 0 Å². The second-order valence-electron chi connectivity index (χ2n) is 5.73. The van der Waals surface area contributed by atoms with Gasteiger partial charge in [-0.1, -0.05) is 12.1 Å². The maximum Gasteiger partial charge on any atom is 0.146 e. The molecule has 0 radical (unpaired) electrons. The third kappa shape index (κ3) is 2.60. The van der Waals surface area contributed by atoms with Crippen LogP contribution in [-0.4, -0.2) is 43.7 Å². The van der Waals surface area contributed by atoms with Gasteiger partial charge in [-0.05, 0) is 44.0 Å². The molecule has 2 fully saturated rings. The van der Waals surface area contributed by atoms with Crippen LogP contribution >= 0.6 is 0 Å². The van der Waals surface area contributed by atoms with Crippen molar-refractivity contribution in [2.24, 2.45) is 11.7 Å². The Kier molecular flexibility index (Phi) is 3.71. The molecule has 2 heterocycles. The average molecular weight is 263 g/mol. The van der Waals surface area contributed by atoms with Crippen LogP contribution in [0, 0.1) is 11.7 Å². The molecule has 104 valence electrons. The Balaban J connectivity index is 1.63. The third-order valence-electron chi connectivity index (χ3n) is 4.52. The highest BCUT2D eigenvalue weighted by Gasteiger charge is 2.32. The lowest BCUT2D eigenvalue weighted by Gasteiger charge is -2.25. The van der Waals surface area contributed by atoms with Gasteiger partial charge in [-0.15, -0.1) is 0 Å². The summed E-state index contributed by atoms with van der Waals surface area (Å²) in [6.45, 7) is 4.96. The standard InChI is InChI=1S/C15H22FN3/c16-14-3-1-2-4-15(14)19-8-6-13(11-19)18-7-5-12(9-17)10-18/h1-4,12-13H,5-11,17H2. The van der Waals surface area contributed by atoms with Gasteiger partial charge in [0.2, 0.25) is 0 Å². The van der Waals surface area contributed by atoms with Crippen molar-refractivity contribution < 1.29 is 4.39 Å². The number of nitrogens with zero attached hydrogens (tertiary/aromatic N) is 2. The molecule has 0 amide bonds. The van der Waals surface area contributed by atoms with Crippen LogP contribution in [0.15, 0.2) is 24.3 Å². The SMILES string of the molecule is NCC1CCN(C2CCN(c3ccccc3F)C2)C1. The predicted molar refractivity (Wildman–Crippen MR) is 75.8 cm³/mol. The number of halogens is 1. The molecule has 0 aliphatic carbocycles. The molecular weight excluding hydrogens is 241 g/mol. The first-order valence-corrected chi connectivity index (χ1v) is 7.21. The molecule has 2 unspecified atom stereocenters. The summed E-state index contributed by atoms with van der Waals surface area (Å²) in [5.41, 5.74) is 6.50. The Morgan fingerprint density at radius 2 is 2.00 bits per heavy atom. The van der Waals surface area contributed by atoms with Crippen LogP contribution in [0.25, 0.3) is 0 Å². The Morgan fingerprint density at radius 3 is 2.74 bits per heavy atom. The van der Waals surface area contributed by atoms with Gasteiger partial charge in [0.1, 0.15) is 5.82 Å². The summed E-state index contributed by atoms with van der Waals surface area (Å²) in [5.74, 6) is 0.548. The van der Waals surface area contributed by atoms with Gasteiger partial charge < -0.3 is 10.6 Å². The van der Waals surface area contributed by atoms with Crippen molar-refractivity contribution in [2.75, 3.05) is 37.6 Å². The zero-order valence-corrected chi connectivity index (χ0v) is 11.3. The van der Waals surface area contributed by atoms with Crippen LogP contribution in [0.1, 0.15) is 12.8 Å². The van der Waals surface area contributed by atoms with Gasteiger partial charge in [0.15, 0.2) is 0 Å². The minimum atomic E-state index is -0.107. The lowest BCUT2D eigenvalue weighted by atomic mass is 10.1. The topological polar surface area (TPSA) is 32.5 Å². The van der Waals surface area contributed by atoms with Gasteiger partial charge >= 0.3 is 0 Å². The zero-order valence-electron chi connectivity index (χ0n) is 11.3. The average Bonchev–Trinajstić information content (AvgIpc) is 3.08. The van der Waals surface area contributed by atoms with E-state index < -0.39 is 0 Å². The summed E-state index contributed by atoms with van der Waals surface area (Å²) in [6.07, 6.45) is 2.35. The van der Waals surface area contributed by atoms with Crippen LogP contribution < -0.4 is 10.6 Å². The first-order chi connectivity index (χ1) is 9.28. The molecule has 2 N–H and O–H groups in total. The second kappa shape index (κ2) is 5.47. The van der Waals surface area contributed by atoms with Crippen LogP contribution in [0.3, 0.4) is 0 Å². The molecule has 3 nitrogen and oxygen atoms in total. The highest BCUT2D eigenvalue weighted by Crippen LogP contribution is 2.28. The predicted octanol–water partition coefficient (Wildman–Crippen LogP) is 1.68. The highest BCUT2D eigenvalue weighted by atomic mass is 19.1. The summed E-state index contributed by atoms with van der Waals surface area (Å²) in [4.78, 5) is 4.72. The molecule has 0 saturated carbocycles. The Bertz CT molecular complexity index is 437. The van der Waals surface area contributed by atoms with Crippen LogP contribution in [-0.2, 0) is 0 Å². The van der Waals surface area contributed by atoms with Crippen molar-refractivity contribution >= 4 is 5.69 Å². The molecule has 3 rings (SSSR count). The zero-order chi connectivity index (χ0) is 13.2. The number of hydrogen-bond donors (Lipinski definition) is 1. The Labute approximate surface area is 114 Å². The van der Waals surface area contributed by atoms with Gasteiger partial charge in [-0.25, -0.2) is 4.39 Å². The second-order valence-corrected chi connectivity index (χ2v) is 5.73. The van der Waals surface area contributed by atoms with Gasteiger partial charge in [0, 0.05) is 25.7 Å². The van der Waals surface area contributed by atoms with Crippen molar-refractivity contribution in [3.05, 3.63) is 30.1 Å².